The van der Waals surface area contributed by atoms with E-state index < -0.39 is 0 Å². The summed E-state index contributed by atoms with van der Waals surface area (Å²) in [7, 11) is 0. The quantitative estimate of drug-likeness (QED) is 0.740. The SMILES string of the molecule is O=C1C[C@H](c2nc(-c3ccccc3)no2)CN1Cc1ccccc1. The van der Waals surface area contributed by atoms with Gasteiger partial charge in [-0.15, -0.1) is 0 Å². The zero-order valence-electron chi connectivity index (χ0n) is 13.1. The number of aromatic nitrogens is 2. The van der Waals surface area contributed by atoms with Gasteiger partial charge in [0.15, 0.2) is 0 Å². The number of likely N-dealkylation sites (tertiary alicyclic amines) is 1. The maximum absolute atomic E-state index is 12.3. The topological polar surface area (TPSA) is 59.2 Å². The van der Waals surface area contributed by atoms with E-state index in [1.807, 2.05) is 65.6 Å². The van der Waals surface area contributed by atoms with Gasteiger partial charge in [-0.2, -0.15) is 4.98 Å². The monoisotopic (exact) mass is 319 g/mol. The molecule has 0 spiro atoms. The van der Waals surface area contributed by atoms with Crippen LogP contribution in [0.2, 0.25) is 0 Å². The molecule has 0 N–H and O–H groups in total. The van der Waals surface area contributed by atoms with Gasteiger partial charge in [0.2, 0.25) is 17.6 Å². The number of carbonyl (C=O) groups is 1. The Bertz CT molecular complexity index is 830. The summed E-state index contributed by atoms with van der Waals surface area (Å²) in [6, 6.07) is 19.7. The number of nitrogens with zero attached hydrogens (tertiary/aromatic N) is 3. The molecule has 120 valence electrons. The van der Waals surface area contributed by atoms with Gasteiger partial charge in [0, 0.05) is 25.1 Å². The average Bonchev–Trinajstić information content (AvgIpc) is 3.24. The lowest BCUT2D eigenvalue weighted by atomic mass is 10.1. The van der Waals surface area contributed by atoms with Gasteiger partial charge in [-0.05, 0) is 5.56 Å². The summed E-state index contributed by atoms with van der Waals surface area (Å²) in [5.41, 5.74) is 2.04. The van der Waals surface area contributed by atoms with E-state index in [-0.39, 0.29) is 11.8 Å². The Morgan fingerprint density at radius 2 is 1.75 bits per heavy atom. The second kappa shape index (κ2) is 6.28. The molecule has 1 amide bonds. The highest BCUT2D eigenvalue weighted by Gasteiger charge is 2.34. The molecule has 1 saturated heterocycles. The standard InChI is InChI=1S/C19H17N3O2/c23-17-11-16(13-22(17)12-14-7-3-1-4-8-14)19-20-18(21-24-19)15-9-5-2-6-10-15/h1-10,16H,11-13H2/t16-/m0/s1. The van der Waals surface area contributed by atoms with Crippen LogP contribution in [0.15, 0.2) is 65.2 Å². The van der Waals surface area contributed by atoms with Crippen LogP contribution < -0.4 is 0 Å². The van der Waals surface area contributed by atoms with Gasteiger partial charge in [0.1, 0.15) is 0 Å². The zero-order valence-corrected chi connectivity index (χ0v) is 13.1. The van der Waals surface area contributed by atoms with Crippen LogP contribution in [0, 0.1) is 0 Å². The number of hydrogen-bond donors (Lipinski definition) is 0. The summed E-state index contributed by atoms with van der Waals surface area (Å²) in [5.74, 6) is 1.20. The molecule has 1 fully saturated rings. The lowest BCUT2D eigenvalue weighted by molar-refractivity contribution is -0.128. The molecular weight excluding hydrogens is 302 g/mol. The minimum absolute atomic E-state index is 0.0359. The Balaban J connectivity index is 1.48. The minimum Gasteiger partial charge on any atom is -0.339 e. The second-order valence-electron chi connectivity index (χ2n) is 5.98. The van der Waals surface area contributed by atoms with Crippen LogP contribution in [0.4, 0.5) is 0 Å². The molecule has 1 aliphatic rings. The predicted molar refractivity (Wildman–Crippen MR) is 89.0 cm³/mol. The summed E-state index contributed by atoms with van der Waals surface area (Å²) in [6.07, 6.45) is 0.420. The van der Waals surface area contributed by atoms with Crippen molar-refractivity contribution in [1.82, 2.24) is 15.0 Å². The molecule has 0 saturated carbocycles. The molecule has 1 aromatic heterocycles. The van der Waals surface area contributed by atoms with Crippen LogP contribution in [0.1, 0.15) is 23.8 Å². The fraction of sp³-hybridized carbons (Fsp3) is 0.211. The Labute approximate surface area is 139 Å². The van der Waals surface area contributed by atoms with Crippen molar-refractivity contribution in [1.29, 1.82) is 0 Å². The maximum atomic E-state index is 12.3. The third-order valence-corrected chi connectivity index (χ3v) is 4.25. The van der Waals surface area contributed by atoms with Crippen molar-refractivity contribution in [2.24, 2.45) is 0 Å². The molecule has 24 heavy (non-hydrogen) atoms. The summed E-state index contributed by atoms with van der Waals surface area (Å²) in [6.45, 7) is 1.24. The Hall–Kier alpha value is -2.95. The summed E-state index contributed by atoms with van der Waals surface area (Å²) in [4.78, 5) is 18.6. The maximum Gasteiger partial charge on any atom is 0.232 e. The van der Waals surface area contributed by atoms with Crippen LogP contribution in [0.5, 0.6) is 0 Å². The number of hydrogen-bond acceptors (Lipinski definition) is 4. The first-order valence-corrected chi connectivity index (χ1v) is 8.00. The third kappa shape index (κ3) is 2.93. The van der Waals surface area contributed by atoms with Crippen molar-refractivity contribution in [2.75, 3.05) is 6.54 Å². The van der Waals surface area contributed by atoms with E-state index in [0.29, 0.717) is 31.2 Å². The van der Waals surface area contributed by atoms with E-state index in [2.05, 4.69) is 10.1 Å². The van der Waals surface area contributed by atoms with E-state index in [0.717, 1.165) is 11.1 Å². The van der Waals surface area contributed by atoms with Crippen molar-refractivity contribution in [3.8, 4) is 11.4 Å². The van der Waals surface area contributed by atoms with Crippen molar-refractivity contribution in [2.45, 2.75) is 18.9 Å². The Morgan fingerprint density at radius 3 is 2.50 bits per heavy atom. The normalized spacial score (nSPS) is 17.4. The molecule has 0 bridgehead atoms. The van der Waals surface area contributed by atoms with Crippen LogP contribution >= 0.6 is 0 Å². The van der Waals surface area contributed by atoms with Crippen molar-refractivity contribution < 1.29 is 9.32 Å². The van der Waals surface area contributed by atoms with E-state index in [1.165, 1.54) is 0 Å². The molecule has 2 heterocycles. The predicted octanol–water partition coefficient (Wildman–Crippen LogP) is 3.25. The summed E-state index contributed by atoms with van der Waals surface area (Å²) >= 11 is 0. The number of benzene rings is 2. The first kappa shape index (κ1) is 14.6. The van der Waals surface area contributed by atoms with Gasteiger partial charge in [-0.25, -0.2) is 0 Å². The van der Waals surface area contributed by atoms with Crippen molar-refractivity contribution in [3.63, 3.8) is 0 Å². The number of amides is 1. The van der Waals surface area contributed by atoms with E-state index >= 15 is 0 Å². The molecule has 0 radical (unpaired) electrons. The first-order chi connectivity index (χ1) is 11.8. The van der Waals surface area contributed by atoms with E-state index in [4.69, 9.17) is 4.52 Å². The van der Waals surface area contributed by atoms with Crippen LogP contribution in [-0.4, -0.2) is 27.5 Å². The van der Waals surface area contributed by atoms with Gasteiger partial charge in [0.25, 0.3) is 0 Å². The molecule has 5 heteroatoms. The van der Waals surface area contributed by atoms with Gasteiger partial charge >= 0.3 is 0 Å². The highest BCUT2D eigenvalue weighted by atomic mass is 16.5. The average molecular weight is 319 g/mol. The van der Waals surface area contributed by atoms with Gasteiger partial charge < -0.3 is 9.42 Å². The Kier molecular flexibility index (Phi) is 3.83. The molecule has 2 aromatic carbocycles. The molecular formula is C19H17N3O2. The molecule has 3 aromatic rings. The molecule has 5 nitrogen and oxygen atoms in total. The lowest BCUT2D eigenvalue weighted by Crippen LogP contribution is -2.24. The lowest BCUT2D eigenvalue weighted by Gasteiger charge is -2.15. The molecule has 1 aliphatic heterocycles. The summed E-state index contributed by atoms with van der Waals surface area (Å²) in [5, 5.41) is 4.05. The van der Waals surface area contributed by atoms with Gasteiger partial charge in [-0.3, -0.25) is 4.79 Å². The first-order valence-electron chi connectivity index (χ1n) is 8.00. The van der Waals surface area contributed by atoms with Gasteiger partial charge in [0.05, 0.1) is 5.92 Å². The smallest absolute Gasteiger partial charge is 0.232 e. The van der Waals surface area contributed by atoms with E-state index in [9.17, 15) is 4.79 Å². The summed E-state index contributed by atoms with van der Waals surface area (Å²) < 4.78 is 5.41. The van der Waals surface area contributed by atoms with Crippen LogP contribution in [0.3, 0.4) is 0 Å². The largest absolute Gasteiger partial charge is 0.339 e. The number of carbonyl (C=O) groups excluding carboxylic acids is 1. The Morgan fingerprint density at radius 1 is 1.04 bits per heavy atom. The molecule has 1 atom stereocenters. The molecule has 0 unspecified atom stereocenters. The van der Waals surface area contributed by atoms with Crippen molar-refractivity contribution in [3.05, 3.63) is 72.1 Å². The van der Waals surface area contributed by atoms with Crippen LogP contribution in [0.25, 0.3) is 11.4 Å². The fourth-order valence-electron chi connectivity index (χ4n) is 3.00. The molecule has 4 rings (SSSR count). The van der Waals surface area contributed by atoms with Gasteiger partial charge in [-0.1, -0.05) is 65.8 Å². The minimum atomic E-state index is -0.0359. The molecule has 0 aliphatic carbocycles. The fourth-order valence-corrected chi connectivity index (χ4v) is 3.00. The highest BCUT2D eigenvalue weighted by Crippen LogP contribution is 2.29. The van der Waals surface area contributed by atoms with Crippen molar-refractivity contribution >= 4 is 5.91 Å². The van der Waals surface area contributed by atoms with E-state index in [1.54, 1.807) is 0 Å². The third-order valence-electron chi connectivity index (χ3n) is 4.25. The van der Waals surface area contributed by atoms with Crippen LogP contribution in [-0.2, 0) is 11.3 Å². The zero-order chi connectivity index (χ0) is 16.4. The number of rotatable bonds is 4. The highest BCUT2D eigenvalue weighted by molar-refractivity contribution is 5.79. The second-order valence-corrected chi connectivity index (χ2v) is 5.98.